The highest BCUT2D eigenvalue weighted by Crippen LogP contribution is 2.30. The van der Waals surface area contributed by atoms with Crippen LogP contribution in [0, 0.1) is 0 Å². The zero-order valence-corrected chi connectivity index (χ0v) is 19.4. The summed E-state index contributed by atoms with van der Waals surface area (Å²) >= 11 is 0. The van der Waals surface area contributed by atoms with Crippen LogP contribution in [0.3, 0.4) is 0 Å². The third kappa shape index (κ3) is 6.49. The lowest BCUT2D eigenvalue weighted by Gasteiger charge is -2.41. The van der Waals surface area contributed by atoms with Crippen molar-refractivity contribution in [2.75, 3.05) is 45.8 Å². The van der Waals surface area contributed by atoms with Crippen LogP contribution in [0.4, 0.5) is 13.2 Å². The number of piperazine rings is 1. The number of hydrogen-bond acceptors (Lipinski definition) is 5. The summed E-state index contributed by atoms with van der Waals surface area (Å²) in [7, 11) is 0. The maximum Gasteiger partial charge on any atom is 0.416 e. The highest BCUT2D eigenvalue weighted by molar-refractivity contribution is 5.96. The Morgan fingerprint density at radius 1 is 0.971 bits per heavy atom. The second-order valence-electron chi connectivity index (χ2n) is 9.56. The van der Waals surface area contributed by atoms with Gasteiger partial charge in [-0.05, 0) is 50.3 Å². The molecule has 2 heterocycles. The van der Waals surface area contributed by atoms with Crippen LogP contribution >= 0.6 is 0 Å². The fourth-order valence-corrected chi connectivity index (χ4v) is 5.45. The van der Waals surface area contributed by atoms with Crippen molar-refractivity contribution >= 4 is 11.8 Å². The Labute approximate surface area is 198 Å². The number of rotatable bonds is 6. The minimum Gasteiger partial charge on any atom is -0.350 e. The van der Waals surface area contributed by atoms with Crippen molar-refractivity contribution in [3.8, 4) is 0 Å². The molecule has 3 aliphatic rings. The van der Waals surface area contributed by atoms with Crippen molar-refractivity contribution in [2.45, 2.75) is 56.4 Å². The monoisotopic (exact) mass is 481 g/mol. The number of benzene rings is 1. The molecule has 1 atom stereocenters. The summed E-state index contributed by atoms with van der Waals surface area (Å²) in [6, 6.07) is 5.46. The van der Waals surface area contributed by atoms with Crippen molar-refractivity contribution in [3.63, 3.8) is 0 Å². The van der Waals surface area contributed by atoms with Gasteiger partial charge in [0.1, 0.15) is 0 Å². The van der Waals surface area contributed by atoms with E-state index in [1.807, 2.05) is 0 Å². The third-order valence-electron chi connectivity index (χ3n) is 7.30. The lowest BCUT2D eigenvalue weighted by atomic mass is 9.89. The Bertz CT molecular complexity index is 851. The van der Waals surface area contributed by atoms with Crippen LogP contribution in [0.25, 0.3) is 0 Å². The van der Waals surface area contributed by atoms with Crippen LogP contribution in [0.2, 0.25) is 0 Å². The standard InChI is InChI=1S/C24H34F3N5O2/c25-24(26,27)18-3-1-2-17(14-18)23(34)29-15-22(33)30-19-8-11-32(16-19)21-6-4-20(5-7-21)31-12-9-28-10-13-31/h1-3,14,19-21,28H,4-13,15-16H2,(H,29,34)(H,30,33)/t19-,20?,21?/m1/s1. The van der Waals surface area contributed by atoms with Crippen LogP contribution in [-0.4, -0.2) is 85.6 Å². The fourth-order valence-electron chi connectivity index (χ4n) is 5.45. The van der Waals surface area contributed by atoms with Gasteiger partial charge < -0.3 is 16.0 Å². The maximum absolute atomic E-state index is 12.8. The Morgan fingerprint density at radius 3 is 2.32 bits per heavy atom. The number of hydrogen-bond donors (Lipinski definition) is 3. The topological polar surface area (TPSA) is 76.7 Å². The highest BCUT2D eigenvalue weighted by Gasteiger charge is 2.34. The van der Waals surface area contributed by atoms with E-state index in [0.717, 1.165) is 57.8 Å². The van der Waals surface area contributed by atoms with E-state index >= 15 is 0 Å². The van der Waals surface area contributed by atoms with Gasteiger partial charge in [-0.3, -0.25) is 19.4 Å². The fraction of sp³-hybridized carbons (Fsp3) is 0.667. The molecule has 1 aliphatic carbocycles. The normalized spacial score (nSPS) is 26.9. The van der Waals surface area contributed by atoms with Crippen LogP contribution < -0.4 is 16.0 Å². The summed E-state index contributed by atoms with van der Waals surface area (Å²) in [6.45, 7) is 5.92. The number of carbonyl (C=O) groups excluding carboxylic acids is 2. The zero-order valence-electron chi connectivity index (χ0n) is 19.4. The van der Waals surface area contributed by atoms with Crippen LogP contribution in [0.5, 0.6) is 0 Å². The molecule has 7 nitrogen and oxygen atoms in total. The number of amides is 2. The largest absolute Gasteiger partial charge is 0.416 e. The lowest BCUT2D eigenvalue weighted by Crippen LogP contribution is -2.51. The van der Waals surface area contributed by atoms with E-state index < -0.39 is 17.6 Å². The molecule has 3 fully saturated rings. The summed E-state index contributed by atoms with van der Waals surface area (Å²) in [5.74, 6) is -1.02. The molecule has 2 amide bonds. The zero-order chi connectivity index (χ0) is 24.1. The highest BCUT2D eigenvalue weighted by atomic mass is 19.4. The van der Waals surface area contributed by atoms with Gasteiger partial charge in [-0.25, -0.2) is 0 Å². The van der Waals surface area contributed by atoms with Crippen molar-refractivity contribution in [2.24, 2.45) is 0 Å². The van der Waals surface area contributed by atoms with Crippen LogP contribution in [0.15, 0.2) is 24.3 Å². The number of alkyl halides is 3. The van der Waals surface area contributed by atoms with Gasteiger partial charge in [-0.15, -0.1) is 0 Å². The quantitative estimate of drug-likeness (QED) is 0.578. The molecule has 188 valence electrons. The summed E-state index contributed by atoms with van der Waals surface area (Å²) in [5, 5.41) is 8.79. The van der Waals surface area contributed by atoms with E-state index in [4.69, 9.17) is 0 Å². The average molecular weight is 482 g/mol. The Morgan fingerprint density at radius 2 is 1.65 bits per heavy atom. The third-order valence-corrected chi connectivity index (χ3v) is 7.30. The SMILES string of the molecule is O=C(CNC(=O)c1cccc(C(F)(F)F)c1)N[C@@H]1CCN(C2CCC(N3CCNCC3)CC2)C1. The Hall–Kier alpha value is -2.17. The van der Waals surface area contributed by atoms with Crippen molar-refractivity contribution in [1.82, 2.24) is 25.8 Å². The lowest BCUT2D eigenvalue weighted by molar-refractivity contribution is -0.137. The molecule has 1 aromatic rings. The smallest absolute Gasteiger partial charge is 0.350 e. The minimum atomic E-state index is -4.52. The van der Waals surface area contributed by atoms with Gasteiger partial charge in [0.15, 0.2) is 0 Å². The van der Waals surface area contributed by atoms with Gasteiger partial charge in [-0.2, -0.15) is 13.2 Å². The molecule has 1 aromatic carbocycles. The number of likely N-dealkylation sites (tertiary alicyclic amines) is 1. The van der Waals surface area contributed by atoms with E-state index in [2.05, 4.69) is 25.8 Å². The van der Waals surface area contributed by atoms with Gasteiger partial charge in [0.05, 0.1) is 12.1 Å². The first-order chi connectivity index (χ1) is 16.3. The van der Waals surface area contributed by atoms with Crippen molar-refractivity contribution < 1.29 is 22.8 Å². The molecule has 0 unspecified atom stereocenters. The predicted octanol–water partition coefficient (Wildman–Crippen LogP) is 1.84. The van der Waals surface area contributed by atoms with E-state index in [0.29, 0.717) is 12.1 Å². The van der Waals surface area contributed by atoms with Crippen molar-refractivity contribution in [3.05, 3.63) is 35.4 Å². The predicted molar refractivity (Wildman–Crippen MR) is 122 cm³/mol. The number of nitrogens with zero attached hydrogens (tertiary/aromatic N) is 2. The van der Waals surface area contributed by atoms with E-state index in [9.17, 15) is 22.8 Å². The molecule has 0 bridgehead atoms. The van der Waals surface area contributed by atoms with Crippen LogP contribution in [0.1, 0.15) is 48.0 Å². The molecule has 0 radical (unpaired) electrons. The first-order valence-corrected chi connectivity index (χ1v) is 12.2. The van der Waals surface area contributed by atoms with Gasteiger partial charge in [0.2, 0.25) is 5.91 Å². The Balaban J connectivity index is 1.17. The minimum absolute atomic E-state index is 0.0313. The molecule has 2 aliphatic heterocycles. The second kappa shape index (κ2) is 11.0. The molecular weight excluding hydrogens is 447 g/mol. The summed E-state index contributed by atoms with van der Waals surface area (Å²) in [6.07, 6.45) is 1.15. The van der Waals surface area contributed by atoms with Crippen LogP contribution in [-0.2, 0) is 11.0 Å². The average Bonchev–Trinajstić information content (AvgIpc) is 3.31. The van der Waals surface area contributed by atoms with E-state index in [1.165, 1.54) is 37.8 Å². The van der Waals surface area contributed by atoms with Gasteiger partial charge >= 0.3 is 6.18 Å². The maximum atomic E-state index is 12.8. The molecule has 10 heteroatoms. The second-order valence-corrected chi connectivity index (χ2v) is 9.56. The van der Waals surface area contributed by atoms with E-state index in [1.54, 1.807) is 0 Å². The molecule has 34 heavy (non-hydrogen) atoms. The summed E-state index contributed by atoms with van der Waals surface area (Å²) < 4.78 is 38.5. The first-order valence-electron chi connectivity index (χ1n) is 12.2. The molecule has 1 saturated carbocycles. The summed E-state index contributed by atoms with van der Waals surface area (Å²) in [5.41, 5.74) is -1.01. The van der Waals surface area contributed by atoms with Gasteiger partial charge in [-0.1, -0.05) is 6.07 Å². The molecule has 4 rings (SSSR count). The number of carbonyl (C=O) groups is 2. The first kappa shape index (κ1) is 24.9. The molecular formula is C24H34F3N5O2. The molecule has 3 N–H and O–H groups in total. The van der Waals surface area contributed by atoms with Gasteiger partial charge in [0.25, 0.3) is 5.91 Å². The number of halogens is 3. The molecule has 0 aromatic heterocycles. The Kier molecular flexibility index (Phi) is 8.10. The molecule has 2 saturated heterocycles. The molecule has 0 spiro atoms. The number of nitrogens with one attached hydrogen (secondary N) is 3. The van der Waals surface area contributed by atoms with Crippen molar-refractivity contribution in [1.29, 1.82) is 0 Å². The summed E-state index contributed by atoms with van der Waals surface area (Å²) in [4.78, 5) is 29.6. The van der Waals surface area contributed by atoms with Gasteiger partial charge in [0, 0.05) is 63.0 Å². The van der Waals surface area contributed by atoms with E-state index in [-0.39, 0.29) is 24.1 Å².